The molecule has 0 atom stereocenters. The van der Waals surface area contributed by atoms with Crippen molar-refractivity contribution in [3.63, 3.8) is 0 Å². The topological polar surface area (TPSA) is 17.1 Å². The Morgan fingerprint density at radius 3 is 2.00 bits per heavy atom. The second-order valence-electron chi connectivity index (χ2n) is 5.38. The zero-order valence-corrected chi connectivity index (χ0v) is 13.5. The average molecular weight is 311 g/mol. The largest absolute Gasteiger partial charge is 0.281 e. The van der Waals surface area contributed by atoms with Gasteiger partial charge in [-0.3, -0.25) is 4.79 Å². The van der Waals surface area contributed by atoms with E-state index in [0.29, 0.717) is 6.42 Å². The van der Waals surface area contributed by atoms with Crippen LogP contribution in [0.1, 0.15) is 41.5 Å². The van der Waals surface area contributed by atoms with Gasteiger partial charge in [-0.15, -0.1) is 0 Å². The van der Waals surface area contributed by atoms with Gasteiger partial charge in [0, 0.05) is 17.5 Å². The van der Waals surface area contributed by atoms with Gasteiger partial charge < -0.3 is 0 Å². The van der Waals surface area contributed by atoms with E-state index in [2.05, 4.69) is 43.0 Å². The van der Waals surface area contributed by atoms with Gasteiger partial charge in [0.25, 0.3) is 0 Å². The van der Waals surface area contributed by atoms with Crippen LogP contribution in [0.5, 0.6) is 0 Å². The summed E-state index contributed by atoms with van der Waals surface area (Å²) in [6, 6.07) is 16.5. The van der Waals surface area contributed by atoms with Crippen LogP contribution in [0.3, 0.4) is 0 Å². The van der Waals surface area contributed by atoms with Crippen molar-refractivity contribution in [3.8, 4) is 11.8 Å². The fourth-order valence-electron chi connectivity index (χ4n) is 2.13. The highest BCUT2D eigenvalue weighted by Gasteiger charge is 1.97. The molecule has 2 rings (SSSR count). The zero-order chi connectivity index (χ0) is 15.8. The molecule has 0 aromatic heterocycles. The molecule has 0 N–H and O–H groups in total. The van der Waals surface area contributed by atoms with Crippen molar-refractivity contribution in [3.05, 3.63) is 70.8 Å². The smallest absolute Gasteiger partial charge is 0.221 e. The Hall–Kier alpha value is -2.04. The second-order valence-corrected chi connectivity index (χ2v) is 5.80. The highest BCUT2D eigenvalue weighted by molar-refractivity contribution is 6.63. The van der Waals surface area contributed by atoms with E-state index < -0.39 is 0 Å². The minimum Gasteiger partial charge on any atom is -0.281 e. The molecule has 2 aromatic rings. The van der Waals surface area contributed by atoms with Gasteiger partial charge in [0.15, 0.2) is 0 Å². The van der Waals surface area contributed by atoms with Gasteiger partial charge in [-0.05, 0) is 67.6 Å². The molecule has 0 aliphatic heterocycles. The predicted octanol–water partition coefficient (Wildman–Crippen LogP) is 4.87. The molecule has 0 heterocycles. The fraction of sp³-hybridized carbons (Fsp3) is 0.250. The van der Waals surface area contributed by atoms with Crippen molar-refractivity contribution in [2.75, 3.05) is 0 Å². The number of carbonyl (C=O) groups is 1. The molecule has 1 nitrogen and oxygen atoms in total. The molecule has 2 aromatic carbocycles. The molecule has 0 bridgehead atoms. The number of halogens is 1. The zero-order valence-electron chi connectivity index (χ0n) is 12.7. The summed E-state index contributed by atoms with van der Waals surface area (Å²) in [5.41, 5.74) is 4.55. The van der Waals surface area contributed by atoms with E-state index in [1.807, 2.05) is 24.3 Å². The van der Waals surface area contributed by atoms with Crippen molar-refractivity contribution in [2.24, 2.45) is 0 Å². The maximum atomic E-state index is 10.7. The first-order chi connectivity index (χ1) is 10.6. The van der Waals surface area contributed by atoms with E-state index in [1.54, 1.807) is 0 Å². The Kier molecular flexibility index (Phi) is 6.25. The average Bonchev–Trinajstić information content (AvgIpc) is 2.52. The summed E-state index contributed by atoms with van der Waals surface area (Å²) in [6.45, 7) is 2.07. The van der Waals surface area contributed by atoms with Crippen LogP contribution in [0.25, 0.3) is 0 Å². The summed E-state index contributed by atoms with van der Waals surface area (Å²) >= 11 is 5.32. The second kappa shape index (κ2) is 8.41. The standard InChI is InChI=1S/C20H19ClO/c1-16-6-8-18(9-7-16)14-15-19-12-10-17(11-13-19)4-2-3-5-20(21)22/h6-13H,2-5H2,1H3. The molecular weight excluding hydrogens is 292 g/mol. The molecule has 2 heteroatoms. The van der Waals surface area contributed by atoms with E-state index in [9.17, 15) is 4.79 Å². The van der Waals surface area contributed by atoms with Crippen molar-refractivity contribution in [1.29, 1.82) is 0 Å². The number of rotatable bonds is 5. The molecule has 0 saturated heterocycles. The summed E-state index contributed by atoms with van der Waals surface area (Å²) in [5, 5.41) is -0.248. The van der Waals surface area contributed by atoms with Crippen LogP contribution in [0.15, 0.2) is 48.5 Å². The van der Waals surface area contributed by atoms with E-state index in [4.69, 9.17) is 11.6 Å². The highest BCUT2D eigenvalue weighted by atomic mass is 35.5. The molecule has 0 unspecified atom stereocenters. The third-order valence-electron chi connectivity index (χ3n) is 3.45. The number of hydrogen-bond acceptors (Lipinski definition) is 1. The summed E-state index contributed by atoms with van der Waals surface area (Å²) in [7, 11) is 0. The molecule has 0 spiro atoms. The summed E-state index contributed by atoms with van der Waals surface area (Å²) in [6.07, 6.45) is 3.25. The van der Waals surface area contributed by atoms with Gasteiger partial charge >= 0.3 is 0 Å². The normalized spacial score (nSPS) is 9.91. The first kappa shape index (κ1) is 16.3. The van der Waals surface area contributed by atoms with Crippen LogP contribution >= 0.6 is 11.6 Å². The van der Waals surface area contributed by atoms with E-state index >= 15 is 0 Å². The van der Waals surface area contributed by atoms with Crippen LogP contribution in [-0.2, 0) is 11.2 Å². The number of carbonyl (C=O) groups excluding carboxylic acids is 1. The lowest BCUT2D eigenvalue weighted by Gasteiger charge is -2.00. The van der Waals surface area contributed by atoms with Gasteiger partial charge in [0.05, 0.1) is 0 Å². The monoisotopic (exact) mass is 310 g/mol. The van der Waals surface area contributed by atoms with E-state index in [-0.39, 0.29) is 5.24 Å². The molecule has 0 fully saturated rings. The van der Waals surface area contributed by atoms with Crippen LogP contribution in [0.4, 0.5) is 0 Å². The summed E-state index contributed by atoms with van der Waals surface area (Å²) in [5.74, 6) is 6.35. The number of hydrogen-bond donors (Lipinski definition) is 0. The Morgan fingerprint density at radius 2 is 1.45 bits per heavy atom. The maximum Gasteiger partial charge on any atom is 0.221 e. The summed E-state index contributed by atoms with van der Waals surface area (Å²) in [4.78, 5) is 10.7. The fourth-order valence-corrected chi connectivity index (χ4v) is 2.26. The lowest BCUT2D eigenvalue weighted by Crippen LogP contribution is -1.89. The van der Waals surface area contributed by atoms with Crippen molar-refractivity contribution in [2.45, 2.75) is 32.6 Å². The third-order valence-corrected chi connectivity index (χ3v) is 3.63. The maximum absolute atomic E-state index is 10.7. The molecule has 0 radical (unpaired) electrons. The van der Waals surface area contributed by atoms with Gasteiger partial charge in [0.2, 0.25) is 5.24 Å². The van der Waals surface area contributed by atoms with Crippen molar-refractivity contribution in [1.82, 2.24) is 0 Å². The highest BCUT2D eigenvalue weighted by Crippen LogP contribution is 2.09. The van der Waals surface area contributed by atoms with E-state index in [1.165, 1.54) is 11.1 Å². The van der Waals surface area contributed by atoms with Gasteiger partial charge in [-0.2, -0.15) is 0 Å². The Labute approximate surface area is 137 Å². The SMILES string of the molecule is Cc1ccc(C#Cc2ccc(CCCCC(=O)Cl)cc2)cc1. The van der Waals surface area contributed by atoms with Crippen molar-refractivity contribution >= 4 is 16.8 Å². The Morgan fingerprint density at radius 1 is 0.909 bits per heavy atom. The van der Waals surface area contributed by atoms with Crippen molar-refractivity contribution < 1.29 is 4.79 Å². The molecule has 0 aliphatic rings. The first-order valence-electron chi connectivity index (χ1n) is 7.49. The minimum atomic E-state index is -0.248. The molecule has 0 saturated carbocycles. The number of benzene rings is 2. The van der Waals surface area contributed by atoms with Crippen LogP contribution in [0, 0.1) is 18.8 Å². The molecule has 22 heavy (non-hydrogen) atoms. The van der Waals surface area contributed by atoms with Gasteiger partial charge in [-0.25, -0.2) is 0 Å². The predicted molar refractivity (Wildman–Crippen MR) is 92.0 cm³/mol. The summed E-state index contributed by atoms with van der Waals surface area (Å²) < 4.78 is 0. The number of unbranched alkanes of at least 4 members (excludes halogenated alkanes) is 1. The lowest BCUT2D eigenvalue weighted by atomic mass is 10.1. The first-order valence-corrected chi connectivity index (χ1v) is 7.87. The van der Waals surface area contributed by atoms with Crippen LogP contribution < -0.4 is 0 Å². The Bertz CT molecular complexity index is 672. The minimum absolute atomic E-state index is 0.248. The molecule has 0 aliphatic carbocycles. The molecule has 112 valence electrons. The molecular formula is C20H19ClO. The van der Waals surface area contributed by atoms with Crippen LogP contribution in [-0.4, -0.2) is 5.24 Å². The van der Waals surface area contributed by atoms with E-state index in [0.717, 1.165) is 30.4 Å². The van der Waals surface area contributed by atoms with Gasteiger partial charge in [0.1, 0.15) is 0 Å². The Balaban J connectivity index is 1.89. The third kappa shape index (κ3) is 5.76. The quantitative estimate of drug-likeness (QED) is 0.437. The lowest BCUT2D eigenvalue weighted by molar-refractivity contribution is -0.111. The molecule has 0 amide bonds. The number of aryl methyl sites for hydroxylation is 2. The van der Waals surface area contributed by atoms with Gasteiger partial charge in [-0.1, -0.05) is 41.7 Å². The van der Waals surface area contributed by atoms with Crippen LogP contribution in [0.2, 0.25) is 0 Å².